The molecule has 2 rings (SSSR count). The fourth-order valence-corrected chi connectivity index (χ4v) is 3.53. The van der Waals surface area contributed by atoms with E-state index in [4.69, 9.17) is 17.3 Å². The highest BCUT2D eigenvalue weighted by molar-refractivity contribution is 9.10. The summed E-state index contributed by atoms with van der Waals surface area (Å²) in [5, 5.41) is 0.819. The Morgan fingerprint density at radius 2 is 1.94 bits per heavy atom. The van der Waals surface area contributed by atoms with Crippen molar-refractivity contribution in [2.75, 3.05) is 0 Å². The van der Waals surface area contributed by atoms with Gasteiger partial charge in [-0.3, -0.25) is 0 Å². The predicted molar refractivity (Wildman–Crippen MR) is 83.0 cm³/mol. The number of benzene rings is 2. The van der Waals surface area contributed by atoms with E-state index in [1.807, 2.05) is 18.2 Å². The lowest BCUT2D eigenvalue weighted by Gasteiger charge is -2.07. The molecular weight excluding hydrogens is 330 g/mol. The van der Waals surface area contributed by atoms with Crippen LogP contribution in [-0.4, -0.2) is 0 Å². The average Bonchev–Trinajstić information content (AvgIpc) is 2.39. The third kappa shape index (κ3) is 3.51. The third-order valence-corrected chi connectivity index (χ3v) is 4.98. The normalized spacial score (nSPS) is 10.6. The monoisotopic (exact) mass is 341 g/mol. The minimum absolute atomic E-state index is 0.564. The SMILES string of the molecule is NCc1ccc(SCc2ccccc2Cl)c(Br)c1. The van der Waals surface area contributed by atoms with Crippen LogP contribution in [0.2, 0.25) is 5.02 Å². The van der Waals surface area contributed by atoms with Gasteiger partial charge in [0.05, 0.1) is 0 Å². The van der Waals surface area contributed by atoms with Crippen LogP contribution in [0, 0.1) is 0 Å². The molecule has 0 heterocycles. The number of nitrogens with two attached hydrogens (primary N) is 1. The van der Waals surface area contributed by atoms with E-state index in [-0.39, 0.29) is 0 Å². The van der Waals surface area contributed by atoms with E-state index in [0.717, 1.165) is 26.4 Å². The van der Waals surface area contributed by atoms with Crippen LogP contribution >= 0.6 is 39.3 Å². The van der Waals surface area contributed by atoms with Crippen molar-refractivity contribution in [1.29, 1.82) is 0 Å². The molecule has 0 amide bonds. The molecule has 0 radical (unpaired) electrons. The summed E-state index contributed by atoms with van der Waals surface area (Å²) in [4.78, 5) is 1.20. The van der Waals surface area contributed by atoms with Gasteiger partial charge in [-0.1, -0.05) is 35.9 Å². The molecule has 0 saturated carbocycles. The Morgan fingerprint density at radius 1 is 1.17 bits per heavy atom. The Labute approximate surface area is 125 Å². The number of thioether (sulfide) groups is 1. The molecule has 0 bridgehead atoms. The van der Waals surface area contributed by atoms with Gasteiger partial charge < -0.3 is 5.73 Å². The summed E-state index contributed by atoms with van der Waals surface area (Å²) in [6.45, 7) is 0.564. The van der Waals surface area contributed by atoms with Gasteiger partial charge in [-0.05, 0) is 45.3 Å². The minimum Gasteiger partial charge on any atom is -0.326 e. The molecule has 0 spiro atoms. The van der Waals surface area contributed by atoms with Gasteiger partial charge in [-0.25, -0.2) is 0 Å². The van der Waals surface area contributed by atoms with Crippen molar-refractivity contribution in [2.24, 2.45) is 5.73 Å². The fraction of sp³-hybridized carbons (Fsp3) is 0.143. The van der Waals surface area contributed by atoms with E-state index in [2.05, 4.69) is 40.2 Å². The maximum absolute atomic E-state index is 6.14. The molecule has 4 heteroatoms. The zero-order valence-electron chi connectivity index (χ0n) is 9.70. The summed E-state index contributed by atoms with van der Waals surface area (Å²) < 4.78 is 1.09. The van der Waals surface area contributed by atoms with Gasteiger partial charge in [0.2, 0.25) is 0 Å². The van der Waals surface area contributed by atoms with Crippen molar-refractivity contribution in [3.8, 4) is 0 Å². The third-order valence-electron chi connectivity index (χ3n) is 2.57. The Hall–Kier alpha value is -0.480. The average molecular weight is 343 g/mol. The smallest absolute Gasteiger partial charge is 0.0446 e. The van der Waals surface area contributed by atoms with E-state index >= 15 is 0 Å². The Bertz CT molecular complexity index is 545. The second-order valence-corrected chi connectivity index (χ2v) is 6.13. The predicted octanol–water partition coefficient (Wildman–Crippen LogP) is 4.85. The summed E-state index contributed by atoms with van der Waals surface area (Å²) in [5.74, 6) is 0.861. The van der Waals surface area contributed by atoms with Crippen LogP contribution in [0.15, 0.2) is 51.8 Å². The largest absolute Gasteiger partial charge is 0.326 e. The van der Waals surface area contributed by atoms with Gasteiger partial charge in [-0.15, -0.1) is 11.8 Å². The van der Waals surface area contributed by atoms with E-state index in [9.17, 15) is 0 Å². The van der Waals surface area contributed by atoms with E-state index in [1.54, 1.807) is 11.8 Å². The highest BCUT2D eigenvalue weighted by atomic mass is 79.9. The molecule has 0 aliphatic heterocycles. The lowest BCUT2D eigenvalue weighted by Crippen LogP contribution is -1.95. The number of rotatable bonds is 4. The lowest BCUT2D eigenvalue weighted by molar-refractivity contribution is 1.06. The number of hydrogen-bond donors (Lipinski definition) is 1. The fourth-order valence-electron chi connectivity index (χ4n) is 1.56. The van der Waals surface area contributed by atoms with E-state index in [1.165, 1.54) is 4.90 Å². The van der Waals surface area contributed by atoms with Crippen molar-refractivity contribution in [2.45, 2.75) is 17.2 Å². The van der Waals surface area contributed by atoms with Gasteiger partial charge >= 0.3 is 0 Å². The van der Waals surface area contributed by atoms with Gasteiger partial charge in [0, 0.05) is 26.7 Å². The lowest BCUT2D eigenvalue weighted by atomic mass is 10.2. The maximum Gasteiger partial charge on any atom is 0.0446 e. The molecule has 0 atom stereocenters. The summed E-state index contributed by atoms with van der Waals surface area (Å²) in [5.41, 5.74) is 7.89. The topological polar surface area (TPSA) is 26.0 Å². The van der Waals surface area contributed by atoms with Crippen LogP contribution in [0.4, 0.5) is 0 Å². The summed E-state index contributed by atoms with van der Waals surface area (Å²) in [6.07, 6.45) is 0. The molecule has 0 unspecified atom stereocenters. The highest BCUT2D eigenvalue weighted by Crippen LogP contribution is 2.32. The molecule has 18 heavy (non-hydrogen) atoms. The highest BCUT2D eigenvalue weighted by Gasteiger charge is 2.04. The van der Waals surface area contributed by atoms with Crippen molar-refractivity contribution >= 4 is 39.3 Å². The van der Waals surface area contributed by atoms with Gasteiger partial charge in [0.1, 0.15) is 0 Å². The maximum atomic E-state index is 6.14. The standard InChI is InChI=1S/C14H13BrClNS/c15-12-7-10(8-17)5-6-14(12)18-9-11-3-1-2-4-13(11)16/h1-7H,8-9,17H2. The van der Waals surface area contributed by atoms with Crippen LogP contribution < -0.4 is 5.73 Å². The second kappa shape index (κ2) is 6.62. The zero-order valence-corrected chi connectivity index (χ0v) is 12.9. The molecule has 2 aromatic carbocycles. The van der Waals surface area contributed by atoms with E-state index in [0.29, 0.717) is 6.54 Å². The first kappa shape index (κ1) is 13.9. The van der Waals surface area contributed by atoms with Gasteiger partial charge in [0.15, 0.2) is 0 Å². The van der Waals surface area contributed by atoms with E-state index < -0.39 is 0 Å². The summed E-state index contributed by atoms with van der Waals surface area (Å²) in [6, 6.07) is 14.1. The Balaban J connectivity index is 2.09. The molecule has 94 valence electrons. The first-order valence-electron chi connectivity index (χ1n) is 5.55. The number of halogens is 2. The number of hydrogen-bond acceptors (Lipinski definition) is 2. The van der Waals surface area contributed by atoms with Crippen molar-refractivity contribution in [3.05, 3.63) is 63.1 Å². The molecule has 0 aromatic heterocycles. The molecule has 2 N–H and O–H groups in total. The van der Waals surface area contributed by atoms with Gasteiger partial charge in [-0.2, -0.15) is 0 Å². The van der Waals surface area contributed by atoms with Crippen LogP contribution in [-0.2, 0) is 12.3 Å². The minimum atomic E-state index is 0.564. The Kier molecular flexibility index (Phi) is 5.13. The molecule has 2 aromatic rings. The first-order chi connectivity index (χ1) is 8.70. The molecular formula is C14H13BrClNS. The van der Waals surface area contributed by atoms with Gasteiger partial charge in [0.25, 0.3) is 0 Å². The van der Waals surface area contributed by atoms with Crippen molar-refractivity contribution in [1.82, 2.24) is 0 Å². The first-order valence-corrected chi connectivity index (χ1v) is 7.71. The molecule has 0 saturated heterocycles. The summed E-state index contributed by atoms with van der Waals surface area (Å²) in [7, 11) is 0. The molecule has 0 aliphatic carbocycles. The molecule has 0 fully saturated rings. The van der Waals surface area contributed by atoms with Crippen LogP contribution in [0.5, 0.6) is 0 Å². The zero-order chi connectivity index (χ0) is 13.0. The van der Waals surface area contributed by atoms with Crippen molar-refractivity contribution in [3.63, 3.8) is 0 Å². The molecule has 1 nitrogen and oxygen atoms in total. The summed E-state index contributed by atoms with van der Waals surface area (Å²) >= 11 is 11.5. The van der Waals surface area contributed by atoms with Crippen LogP contribution in [0.1, 0.15) is 11.1 Å². The van der Waals surface area contributed by atoms with Crippen molar-refractivity contribution < 1.29 is 0 Å². The second-order valence-electron chi connectivity index (χ2n) is 3.85. The molecule has 0 aliphatic rings. The Morgan fingerprint density at radius 3 is 2.61 bits per heavy atom. The quantitative estimate of drug-likeness (QED) is 0.803. The van der Waals surface area contributed by atoms with Crippen LogP contribution in [0.3, 0.4) is 0 Å². The van der Waals surface area contributed by atoms with Crippen LogP contribution in [0.25, 0.3) is 0 Å².